The van der Waals surface area contributed by atoms with E-state index in [1.54, 1.807) is 0 Å². The molecular weight excluding hydrogens is 170 g/mol. The Balaban J connectivity index is 3.57. The maximum atomic E-state index is 2.51. The lowest BCUT2D eigenvalue weighted by Crippen LogP contribution is -2.26. The van der Waals surface area contributed by atoms with E-state index in [9.17, 15) is 0 Å². The second-order valence-electron chi connectivity index (χ2n) is 4.53. The number of nitrogens with zero attached hydrogens (tertiary/aromatic N) is 1. The molecule has 0 aliphatic rings. The van der Waals surface area contributed by atoms with Crippen molar-refractivity contribution in [2.75, 3.05) is 20.1 Å². The van der Waals surface area contributed by atoms with Crippen LogP contribution in [0.2, 0.25) is 0 Å². The smallest absolute Gasteiger partial charge is 0.000650 e. The second-order valence-corrected chi connectivity index (χ2v) is 4.53. The molecule has 1 unspecified atom stereocenters. The van der Waals surface area contributed by atoms with Crippen LogP contribution in [-0.4, -0.2) is 25.0 Å². The number of unbranched alkanes of at least 4 members (excludes halogenated alkanes) is 2. The highest BCUT2D eigenvalue weighted by Gasteiger charge is 2.08. The predicted octanol–water partition coefficient (Wildman–Crippen LogP) is 3.93. The zero-order valence-electron chi connectivity index (χ0n) is 10.7. The molecule has 0 aromatic carbocycles. The van der Waals surface area contributed by atoms with Crippen LogP contribution in [-0.2, 0) is 0 Å². The Labute approximate surface area is 90.9 Å². The molecule has 0 spiro atoms. The summed E-state index contributed by atoms with van der Waals surface area (Å²) >= 11 is 0. The average molecular weight is 199 g/mol. The SMILES string of the molecule is CCCCC(CC)CN(C)CCCC. The highest BCUT2D eigenvalue weighted by atomic mass is 15.1. The molecule has 86 valence electrons. The highest BCUT2D eigenvalue weighted by molar-refractivity contribution is 4.62. The van der Waals surface area contributed by atoms with E-state index in [0.29, 0.717) is 0 Å². The van der Waals surface area contributed by atoms with Crippen molar-refractivity contribution < 1.29 is 0 Å². The van der Waals surface area contributed by atoms with E-state index in [4.69, 9.17) is 0 Å². The summed E-state index contributed by atoms with van der Waals surface area (Å²) in [5, 5.41) is 0. The van der Waals surface area contributed by atoms with Crippen LogP contribution < -0.4 is 0 Å². The van der Waals surface area contributed by atoms with Gasteiger partial charge in [0.25, 0.3) is 0 Å². The molecule has 0 saturated carbocycles. The summed E-state index contributed by atoms with van der Waals surface area (Å²) in [7, 11) is 2.27. The number of hydrogen-bond acceptors (Lipinski definition) is 1. The summed E-state index contributed by atoms with van der Waals surface area (Å²) in [6.45, 7) is 9.46. The van der Waals surface area contributed by atoms with Gasteiger partial charge in [-0.2, -0.15) is 0 Å². The van der Waals surface area contributed by atoms with Gasteiger partial charge >= 0.3 is 0 Å². The maximum Gasteiger partial charge on any atom is 0.000650 e. The third-order valence-electron chi connectivity index (χ3n) is 3.01. The summed E-state index contributed by atoms with van der Waals surface area (Å²) in [4.78, 5) is 2.51. The van der Waals surface area contributed by atoms with Gasteiger partial charge in [0.05, 0.1) is 0 Å². The lowest BCUT2D eigenvalue weighted by molar-refractivity contribution is 0.256. The zero-order valence-corrected chi connectivity index (χ0v) is 10.7. The van der Waals surface area contributed by atoms with Gasteiger partial charge in [0.15, 0.2) is 0 Å². The molecule has 0 aliphatic heterocycles. The van der Waals surface area contributed by atoms with Crippen molar-refractivity contribution in [1.29, 1.82) is 0 Å². The summed E-state index contributed by atoms with van der Waals surface area (Å²) < 4.78 is 0. The fraction of sp³-hybridized carbons (Fsp3) is 1.00. The van der Waals surface area contributed by atoms with Gasteiger partial charge in [0.2, 0.25) is 0 Å². The molecule has 1 nitrogen and oxygen atoms in total. The normalized spacial score (nSPS) is 13.5. The first-order valence-corrected chi connectivity index (χ1v) is 6.43. The van der Waals surface area contributed by atoms with Crippen LogP contribution >= 0.6 is 0 Å². The number of hydrogen-bond donors (Lipinski definition) is 0. The van der Waals surface area contributed by atoms with Gasteiger partial charge in [-0.25, -0.2) is 0 Å². The second kappa shape index (κ2) is 9.51. The Morgan fingerprint density at radius 3 is 2.14 bits per heavy atom. The van der Waals surface area contributed by atoms with Crippen molar-refractivity contribution >= 4 is 0 Å². The molecule has 0 amide bonds. The Morgan fingerprint density at radius 2 is 1.64 bits per heavy atom. The fourth-order valence-corrected chi connectivity index (χ4v) is 1.88. The molecule has 0 N–H and O–H groups in total. The van der Waals surface area contributed by atoms with Gasteiger partial charge in [-0.15, -0.1) is 0 Å². The molecule has 0 heterocycles. The molecule has 1 atom stereocenters. The van der Waals surface area contributed by atoms with Crippen LogP contribution in [0.5, 0.6) is 0 Å². The minimum atomic E-state index is 0.928. The molecule has 0 radical (unpaired) electrons. The molecule has 0 rings (SSSR count). The first kappa shape index (κ1) is 14.0. The maximum absolute atomic E-state index is 2.51. The first-order chi connectivity index (χ1) is 6.74. The van der Waals surface area contributed by atoms with Gasteiger partial charge < -0.3 is 4.90 Å². The van der Waals surface area contributed by atoms with Crippen LogP contribution in [0.25, 0.3) is 0 Å². The van der Waals surface area contributed by atoms with Crippen LogP contribution in [0.4, 0.5) is 0 Å². The lowest BCUT2D eigenvalue weighted by Gasteiger charge is -2.22. The average Bonchev–Trinajstić information content (AvgIpc) is 2.21. The lowest BCUT2D eigenvalue weighted by atomic mass is 9.99. The largest absolute Gasteiger partial charge is 0.306 e. The molecule has 0 aromatic heterocycles. The highest BCUT2D eigenvalue weighted by Crippen LogP contribution is 2.13. The van der Waals surface area contributed by atoms with Crippen molar-refractivity contribution in [3.8, 4) is 0 Å². The van der Waals surface area contributed by atoms with Crippen molar-refractivity contribution in [3.63, 3.8) is 0 Å². The van der Waals surface area contributed by atoms with Crippen LogP contribution in [0.1, 0.15) is 59.3 Å². The van der Waals surface area contributed by atoms with Crippen LogP contribution in [0, 0.1) is 5.92 Å². The zero-order chi connectivity index (χ0) is 10.8. The molecule has 14 heavy (non-hydrogen) atoms. The fourth-order valence-electron chi connectivity index (χ4n) is 1.88. The van der Waals surface area contributed by atoms with Crippen molar-refractivity contribution in [2.45, 2.75) is 59.3 Å². The van der Waals surface area contributed by atoms with Crippen molar-refractivity contribution in [2.24, 2.45) is 5.92 Å². The Bertz CT molecular complexity index is 112. The Hall–Kier alpha value is -0.0400. The van der Waals surface area contributed by atoms with E-state index in [1.807, 2.05) is 0 Å². The van der Waals surface area contributed by atoms with Gasteiger partial charge in [-0.1, -0.05) is 46.5 Å². The van der Waals surface area contributed by atoms with Gasteiger partial charge in [0, 0.05) is 6.54 Å². The van der Waals surface area contributed by atoms with Gasteiger partial charge in [-0.05, 0) is 32.4 Å². The van der Waals surface area contributed by atoms with E-state index in [0.717, 1.165) is 5.92 Å². The van der Waals surface area contributed by atoms with Crippen molar-refractivity contribution in [1.82, 2.24) is 4.90 Å². The predicted molar refractivity (Wildman–Crippen MR) is 65.7 cm³/mol. The quantitative estimate of drug-likeness (QED) is 0.544. The van der Waals surface area contributed by atoms with Gasteiger partial charge in [0.1, 0.15) is 0 Å². The summed E-state index contributed by atoms with van der Waals surface area (Å²) in [6.07, 6.45) is 8.17. The molecule has 0 aliphatic carbocycles. The molecule has 0 fully saturated rings. The minimum absolute atomic E-state index is 0.928. The molecular formula is C13H29N. The van der Waals surface area contributed by atoms with E-state index < -0.39 is 0 Å². The first-order valence-electron chi connectivity index (χ1n) is 6.43. The minimum Gasteiger partial charge on any atom is -0.306 e. The van der Waals surface area contributed by atoms with E-state index in [-0.39, 0.29) is 0 Å². The molecule has 0 saturated heterocycles. The Morgan fingerprint density at radius 1 is 1.00 bits per heavy atom. The molecule has 0 bridgehead atoms. The van der Waals surface area contributed by atoms with Crippen molar-refractivity contribution in [3.05, 3.63) is 0 Å². The third-order valence-corrected chi connectivity index (χ3v) is 3.01. The number of rotatable bonds is 9. The topological polar surface area (TPSA) is 3.24 Å². The van der Waals surface area contributed by atoms with E-state index >= 15 is 0 Å². The molecule has 0 aromatic rings. The summed E-state index contributed by atoms with van der Waals surface area (Å²) in [6, 6.07) is 0. The van der Waals surface area contributed by atoms with E-state index in [1.165, 1.54) is 51.6 Å². The summed E-state index contributed by atoms with van der Waals surface area (Å²) in [5.41, 5.74) is 0. The van der Waals surface area contributed by atoms with E-state index in [2.05, 4.69) is 32.7 Å². The van der Waals surface area contributed by atoms with Gasteiger partial charge in [-0.3, -0.25) is 0 Å². The Kier molecular flexibility index (Phi) is 9.49. The summed E-state index contributed by atoms with van der Waals surface area (Å²) in [5.74, 6) is 0.928. The third kappa shape index (κ3) is 7.37. The standard InChI is InChI=1S/C13H29N/c1-5-8-10-13(7-3)12-14(4)11-9-6-2/h13H,5-12H2,1-4H3. The monoisotopic (exact) mass is 199 g/mol. The van der Waals surface area contributed by atoms with Crippen LogP contribution in [0.3, 0.4) is 0 Å². The van der Waals surface area contributed by atoms with Crippen LogP contribution in [0.15, 0.2) is 0 Å². The molecule has 1 heteroatoms.